The van der Waals surface area contributed by atoms with Crippen LogP contribution in [0, 0.1) is 0 Å². The van der Waals surface area contributed by atoms with Crippen molar-refractivity contribution in [3.63, 3.8) is 0 Å². The van der Waals surface area contributed by atoms with Gasteiger partial charge in [0.05, 0.1) is 21.1 Å². The van der Waals surface area contributed by atoms with Crippen LogP contribution in [0.2, 0.25) is 10.0 Å². The standard InChI is InChI=1S/C12H12Cl2N4O/c13-7-5-9-10(6-8(7)14)17-12(19)11(16-9)18-3-1-15-2-4-18/h5-6,15H,1-4H2,(H,17,19). The molecular weight excluding hydrogens is 287 g/mol. The lowest BCUT2D eigenvalue weighted by atomic mass is 10.3. The lowest BCUT2D eigenvalue weighted by Gasteiger charge is -2.27. The van der Waals surface area contributed by atoms with Crippen LogP contribution >= 0.6 is 23.2 Å². The van der Waals surface area contributed by atoms with Crippen LogP contribution in [-0.2, 0) is 0 Å². The number of rotatable bonds is 1. The van der Waals surface area contributed by atoms with Crippen LogP contribution in [0.25, 0.3) is 11.0 Å². The Labute approximate surface area is 119 Å². The molecule has 7 heteroatoms. The van der Waals surface area contributed by atoms with E-state index in [0.717, 1.165) is 26.2 Å². The maximum atomic E-state index is 12.1. The first-order valence-corrected chi connectivity index (χ1v) is 6.75. The molecule has 0 unspecified atom stereocenters. The van der Waals surface area contributed by atoms with Crippen molar-refractivity contribution in [1.29, 1.82) is 0 Å². The van der Waals surface area contributed by atoms with Gasteiger partial charge in [-0.3, -0.25) is 4.79 Å². The zero-order valence-electron chi connectivity index (χ0n) is 10.0. The number of H-pyrrole nitrogens is 1. The first-order valence-electron chi connectivity index (χ1n) is 6.00. The Balaban J connectivity index is 2.12. The van der Waals surface area contributed by atoms with E-state index in [1.165, 1.54) is 0 Å². The molecule has 2 aromatic rings. The Morgan fingerprint density at radius 2 is 1.84 bits per heavy atom. The summed E-state index contributed by atoms with van der Waals surface area (Å²) in [7, 11) is 0. The zero-order valence-corrected chi connectivity index (χ0v) is 11.6. The molecule has 1 fully saturated rings. The van der Waals surface area contributed by atoms with Gasteiger partial charge in [0.2, 0.25) is 0 Å². The highest BCUT2D eigenvalue weighted by Gasteiger charge is 2.16. The molecule has 3 rings (SSSR count). The van der Waals surface area contributed by atoms with Crippen LogP contribution in [-0.4, -0.2) is 36.1 Å². The van der Waals surface area contributed by atoms with E-state index >= 15 is 0 Å². The van der Waals surface area contributed by atoms with Gasteiger partial charge in [-0.2, -0.15) is 0 Å². The van der Waals surface area contributed by atoms with Crippen LogP contribution in [0.3, 0.4) is 0 Å². The lowest BCUT2D eigenvalue weighted by molar-refractivity contribution is 0.583. The van der Waals surface area contributed by atoms with Gasteiger partial charge in [0.25, 0.3) is 5.56 Å². The highest BCUT2D eigenvalue weighted by atomic mass is 35.5. The Hall–Kier alpha value is -1.30. The maximum Gasteiger partial charge on any atom is 0.291 e. The van der Waals surface area contributed by atoms with E-state index in [4.69, 9.17) is 23.2 Å². The third-order valence-electron chi connectivity index (χ3n) is 3.13. The van der Waals surface area contributed by atoms with Crippen LogP contribution in [0.1, 0.15) is 0 Å². The molecule has 19 heavy (non-hydrogen) atoms. The number of anilines is 1. The van der Waals surface area contributed by atoms with E-state index in [0.29, 0.717) is 26.9 Å². The summed E-state index contributed by atoms with van der Waals surface area (Å²) in [5, 5.41) is 4.07. The number of hydrogen-bond acceptors (Lipinski definition) is 4. The predicted molar refractivity (Wildman–Crippen MR) is 77.5 cm³/mol. The molecule has 0 amide bonds. The molecular formula is C12H12Cl2N4O. The number of aromatic amines is 1. The van der Waals surface area contributed by atoms with E-state index in [-0.39, 0.29) is 5.56 Å². The third-order valence-corrected chi connectivity index (χ3v) is 3.85. The Bertz CT molecular complexity index is 679. The monoisotopic (exact) mass is 298 g/mol. The lowest BCUT2D eigenvalue weighted by Crippen LogP contribution is -2.45. The third kappa shape index (κ3) is 2.41. The Morgan fingerprint density at radius 3 is 2.58 bits per heavy atom. The summed E-state index contributed by atoms with van der Waals surface area (Å²) in [6.07, 6.45) is 0. The van der Waals surface area contributed by atoms with Gasteiger partial charge >= 0.3 is 0 Å². The minimum atomic E-state index is -0.201. The van der Waals surface area contributed by atoms with Crippen molar-refractivity contribution in [2.75, 3.05) is 31.1 Å². The van der Waals surface area contributed by atoms with Crippen LogP contribution in [0.15, 0.2) is 16.9 Å². The summed E-state index contributed by atoms with van der Waals surface area (Å²) < 4.78 is 0. The molecule has 1 aliphatic heterocycles. The van der Waals surface area contributed by atoms with E-state index in [1.807, 2.05) is 4.90 Å². The van der Waals surface area contributed by atoms with Crippen molar-refractivity contribution in [1.82, 2.24) is 15.3 Å². The molecule has 0 radical (unpaired) electrons. The molecule has 1 aromatic carbocycles. The average Bonchev–Trinajstić information content (AvgIpc) is 2.41. The molecule has 1 saturated heterocycles. The predicted octanol–water partition coefficient (Wildman–Crippen LogP) is 1.64. The van der Waals surface area contributed by atoms with Gasteiger partial charge in [-0.1, -0.05) is 23.2 Å². The molecule has 5 nitrogen and oxygen atoms in total. The molecule has 0 saturated carbocycles. The highest BCUT2D eigenvalue weighted by Crippen LogP contribution is 2.26. The zero-order chi connectivity index (χ0) is 13.4. The fourth-order valence-corrected chi connectivity index (χ4v) is 2.48. The van der Waals surface area contributed by atoms with E-state index in [9.17, 15) is 4.79 Å². The van der Waals surface area contributed by atoms with Gasteiger partial charge in [-0.25, -0.2) is 4.98 Å². The van der Waals surface area contributed by atoms with E-state index < -0.39 is 0 Å². The number of halogens is 2. The molecule has 0 bridgehead atoms. The fraction of sp³-hybridized carbons (Fsp3) is 0.333. The van der Waals surface area contributed by atoms with Crippen molar-refractivity contribution >= 4 is 40.1 Å². The Kier molecular flexibility index (Phi) is 3.35. The minimum Gasteiger partial charge on any atom is -0.349 e. The minimum absolute atomic E-state index is 0.201. The van der Waals surface area contributed by atoms with Gasteiger partial charge in [0.1, 0.15) is 0 Å². The molecule has 0 atom stereocenters. The molecule has 1 aliphatic rings. The maximum absolute atomic E-state index is 12.1. The summed E-state index contributed by atoms with van der Waals surface area (Å²) in [5.74, 6) is 0.437. The molecule has 1 aromatic heterocycles. The summed E-state index contributed by atoms with van der Waals surface area (Å²) in [6.45, 7) is 3.23. The van der Waals surface area contributed by atoms with Crippen molar-refractivity contribution in [2.45, 2.75) is 0 Å². The van der Waals surface area contributed by atoms with Crippen molar-refractivity contribution in [3.8, 4) is 0 Å². The first-order chi connectivity index (χ1) is 9.15. The van der Waals surface area contributed by atoms with Gasteiger partial charge in [-0.05, 0) is 12.1 Å². The number of nitrogens with zero attached hydrogens (tertiary/aromatic N) is 2. The molecule has 0 spiro atoms. The summed E-state index contributed by atoms with van der Waals surface area (Å²) >= 11 is 11.9. The highest BCUT2D eigenvalue weighted by molar-refractivity contribution is 6.42. The van der Waals surface area contributed by atoms with Crippen molar-refractivity contribution in [3.05, 3.63) is 32.5 Å². The van der Waals surface area contributed by atoms with Crippen molar-refractivity contribution in [2.24, 2.45) is 0 Å². The van der Waals surface area contributed by atoms with Crippen LogP contribution in [0.4, 0.5) is 5.82 Å². The SMILES string of the molecule is O=c1[nH]c2cc(Cl)c(Cl)cc2nc1N1CCNCC1. The number of nitrogens with one attached hydrogen (secondary N) is 2. The normalized spacial score (nSPS) is 16.0. The molecule has 2 heterocycles. The number of hydrogen-bond donors (Lipinski definition) is 2. The van der Waals surface area contributed by atoms with Crippen LogP contribution in [0.5, 0.6) is 0 Å². The second-order valence-electron chi connectivity index (χ2n) is 4.41. The fourth-order valence-electron chi connectivity index (χ4n) is 2.16. The summed E-state index contributed by atoms with van der Waals surface area (Å²) in [4.78, 5) is 21.3. The number of aromatic nitrogens is 2. The summed E-state index contributed by atoms with van der Waals surface area (Å²) in [6, 6.07) is 3.29. The average molecular weight is 299 g/mol. The first kappa shape index (κ1) is 12.7. The Morgan fingerprint density at radius 1 is 1.16 bits per heavy atom. The van der Waals surface area contributed by atoms with E-state index in [1.54, 1.807) is 12.1 Å². The second-order valence-corrected chi connectivity index (χ2v) is 5.22. The van der Waals surface area contributed by atoms with Gasteiger partial charge in [0, 0.05) is 26.2 Å². The molecule has 100 valence electrons. The summed E-state index contributed by atoms with van der Waals surface area (Å²) in [5.41, 5.74) is 1.04. The molecule has 0 aliphatic carbocycles. The van der Waals surface area contributed by atoms with Gasteiger partial charge in [-0.15, -0.1) is 0 Å². The number of piperazine rings is 1. The number of benzene rings is 1. The van der Waals surface area contributed by atoms with Gasteiger partial charge in [0.15, 0.2) is 5.82 Å². The topological polar surface area (TPSA) is 61.0 Å². The van der Waals surface area contributed by atoms with Gasteiger partial charge < -0.3 is 15.2 Å². The second kappa shape index (κ2) is 5.00. The van der Waals surface area contributed by atoms with Crippen LogP contribution < -0.4 is 15.8 Å². The van der Waals surface area contributed by atoms with E-state index in [2.05, 4.69) is 15.3 Å². The smallest absolute Gasteiger partial charge is 0.291 e. The molecule has 2 N–H and O–H groups in total. The number of fused-ring (bicyclic) bond motifs is 1. The largest absolute Gasteiger partial charge is 0.349 e. The van der Waals surface area contributed by atoms with Crippen molar-refractivity contribution < 1.29 is 0 Å². The quantitative estimate of drug-likeness (QED) is 0.840.